The number of hydrogen-bond donors (Lipinski definition) is 1. The maximum Gasteiger partial charge on any atom is 0.347 e. The molecule has 2 rings (SSSR count). The minimum absolute atomic E-state index is 0.373. The highest BCUT2D eigenvalue weighted by Gasteiger charge is 2.24. The van der Waals surface area contributed by atoms with Gasteiger partial charge in [0.2, 0.25) is 0 Å². The molecule has 1 amide bonds. The molecule has 6 heteroatoms. The molecule has 0 unspecified atom stereocenters. The molecular formula is C22H26ClNO4. The molecule has 5 nitrogen and oxygen atoms in total. The molecule has 0 bridgehead atoms. The number of anilines is 1. The number of aryl methyl sites for hydroxylation is 2. The van der Waals surface area contributed by atoms with Crippen LogP contribution in [-0.2, 0) is 27.2 Å². The monoisotopic (exact) mass is 403 g/mol. The van der Waals surface area contributed by atoms with E-state index in [0.29, 0.717) is 10.8 Å². The van der Waals surface area contributed by atoms with Gasteiger partial charge < -0.3 is 14.8 Å². The topological polar surface area (TPSA) is 64.6 Å². The highest BCUT2D eigenvalue weighted by atomic mass is 35.5. The van der Waals surface area contributed by atoms with Gasteiger partial charge in [0, 0.05) is 10.7 Å². The molecule has 0 saturated heterocycles. The molecule has 0 heterocycles. The molecule has 0 spiro atoms. The predicted molar refractivity (Wildman–Crippen MR) is 111 cm³/mol. The van der Waals surface area contributed by atoms with E-state index in [1.165, 1.54) is 0 Å². The average molecular weight is 404 g/mol. The third-order valence-corrected chi connectivity index (χ3v) is 4.62. The lowest BCUT2D eigenvalue weighted by molar-refractivity contribution is -0.159. The van der Waals surface area contributed by atoms with Gasteiger partial charge in [0.1, 0.15) is 5.75 Å². The summed E-state index contributed by atoms with van der Waals surface area (Å²) in [5, 5.41) is 3.48. The summed E-state index contributed by atoms with van der Waals surface area (Å²) in [5.41, 5.74) is 2.89. The molecule has 0 aliphatic rings. The van der Waals surface area contributed by atoms with Gasteiger partial charge >= 0.3 is 5.97 Å². The van der Waals surface area contributed by atoms with Crippen LogP contribution in [0.5, 0.6) is 5.75 Å². The van der Waals surface area contributed by atoms with Crippen molar-refractivity contribution in [3.05, 3.63) is 58.6 Å². The summed E-state index contributed by atoms with van der Waals surface area (Å²) < 4.78 is 10.8. The number of halogens is 1. The van der Waals surface area contributed by atoms with E-state index in [9.17, 15) is 9.59 Å². The first-order chi connectivity index (χ1) is 13.3. The third-order valence-electron chi connectivity index (χ3n) is 4.37. The van der Waals surface area contributed by atoms with E-state index < -0.39 is 18.2 Å². The third kappa shape index (κ3) is 5.73. The van der Waals surface area contributed by atoms with Crippen molar-refractivity contribution in [1.29, 1.82) is 0 Å². The van der Waals surface area contributed by atoms with Gasteiger partial charge in [-0.1, -0.05) is 43.6 Å². The molecular weight excluding hydrogens is 378 g/mol. The quantitative estimate of drug-likeness (QED) is 0.643. The Morgan fingerprint density at radius 3 is 2.07 bits per heavy atom. The van der Waals surface area contributed by atoms with Crippen molar-refractivity contribution < 1.29 is 19.1 Å². The van der Waals surface area contributed by atoms with Crippen LogP contribution >= 0.6 is 11.6 Å². The second-order valence-corrected chi connectivity index (χ2v) is 6.88. The lowest BCUT2D eigenvalue weighted by Crippen LogP contribution is -2.35. The molecule has 2 aromatic rings. The number of benzene rings is 2. The van der Waals surface area contributed by atoms with Crippen LogP contribution in [0.3, 0.4) is 0 Å². The average Bonchev–Trinajstić information content (AvgIpc) is 2.69. The highest BCUT2D eigenvalue weighted by molar-refractivity contribution is 6.30. The second kappa shape index (κ2) is 10.1. The summed E-state index contributed by atoms with van der Waals surface area (Å²) in [6.45, 7) is 7.18. The normalized spacial score (nSPS) is 12.8. The molecule has 0 aromatic heterocycles. The Kier molecular flexibility index (Phi) is 7.88. The first kappa shape index (κ1) is 21.8. The van der Waals surface area contributed by atoms with Gasteiger partial charge in [-0.3, -0.25) is 4.79 Å². The summed E-state index contributed by atoms with van der Waals surface area (Å²) in [7, 11) is 0. The van der Waals surface area contributed by atoms with Crippen LogP contribution in [0.15, 0.2) is 42.5 Å². The summed E-state index contributed by atoms with van der Waals surface area (Å²) in [5.74, 6) is -0.491. The number of hydrogen-bond acceptors (Lipinski definition) is 4. The van der Waals surface area contributed by atoms with Crippen molar-refractivity contribution in [3.8, 4) is 5.75 Å². The molecule has 150 valence electrons. The number of amides is 1. The maximum absolute atomic E-state index is 12.6. The van der Waals surface area contributed by atoms with E-state index in [0.717, 1.165) is 29.7 Å². The summed E-state index contributed by atoms with van der Waals surface area (Å²) in [4.78, 5) is 24.8. The summed E-state index contributed by atoms with van der Waals surface area (Å²) in [6.07, 6.45) is -0.211. The van der Waals surface area contributed by atoms with Gasteiger partial charge in [0.15, 0.2) is 12.2 Å². The van der Waals surface area contributed by atoms with E-state index in [-0.39, 0.29) is 5.91 Å². The molecule has 0 aliphatic carbocycles. The molecule has 0 saturated carbocycles. The van der Waals surface area contributed by atoms with E-state index in [1.807, 2.05) is 32.0 Å². The van der Waals surface area contributed by atoms with Gasteiger partial charge in [0.05, 0.1) is 0 Å². The van der Waals surface area contributed by atoms with Crippen LogP contribution in [-0.4, -0.2) is 24.1 Å². The van der Waals surface area contributed by atoms with Gasteiger partial charge in [-0.25, -0.2) is 4.79 Å². The van der Waals surface area contributed by atoms with Crippen molar-refractivity contribution in [3.63, 3.8) is 0 Å². The lowest BCUT2D eigenvalue weighted by Gasteiger charge is -2.19. The van der Waals surface area contributed by atoms with Crippen LogP contribution in [0, 0.1) is 0 Å². The highest BCUT2D eigenvalue weighted by Crippen LogP contribution is 2.23. The van der Waals surface area contributed by atoms with Crippen molar-refractivity contribution in [2.75, 3.05) is 5.32 Å². The predicted octanol–water partition coefficient (Wildman–Crippen LogP) is 4.80. The number of para-hydroxylation sites is 1. The van der Waals surface area contributed by atoms with Crippen LogP contribution in [0.4, 0.5) is 5.69 Å². The second-order valence-electron chi connectivity index (χ2n) is 6.44. The fourth-order valence-corrected chi connectivity index (χ4v) is 2.84. The minimum Gasteiger partial charge on any atom is -0.479 e. The number of rotatable bonds is 8. The Morgan fingerprint density at radius 1 is 0.964 bits per heavy atom. The number of ether oxygens (including phenoxy) is 2. The lowest BCUT2D eigenvalue weighted by atomic mass is 10.0. The molecule has 0 fully saturated rings. The Bertz CT molecular complexity index is 798. The largest absolute Gasteiger partial charge is 0.479 e. The van der Waals surface area contributed by atoms with Gasteiger partial charge in [-0.05, 0) is 62.1 Å². The zero-order valence-electron chi connectivity index (χ0n) is 16.6. The van der Waals surface area contributed by atoms with Crippen LogP contribution in [0.2, 0.25) is 5.02 Å². The van der Waals surface area contributed by atoms with E-state index in [1.54, 1.807) is 38.1 Å². The zero-order chi connectivity index (χ0) is 20.7. The summed E-state index contributed by atoms with van der Waals surface area (Å²) in [6, 6.07) is 12.6. The van der Waals surface area contributed by atoms with Gasteiger partial charge in [0.25, 0.3) is 5.91 Å². The summed E-state index contributed by atoms with van der Waals surface area (Å²) >= 11 is 5.83. The SMILES string of the molecule is CCc1cccc(CC)c1NC(=O)[C@@H](C)OC(=O)[C@H](C)Oc1ccc(Cl)cc1. The first-order valence-corrected chi connectivity index (χ1v) is 9.77. The molecule has 1 N–H and O–H groups in total. The van der Waals surface area contributed by atoms with Crippen molar-refractivity contribution in [1.82, 2.24) is 0 Å². The number of nitrogens with one attached hydrogen (secondary N) is 1. The number of carbonyl (C=O) groups excluding carboxylic acids is 2. The van der Waals surface area contributed by atoms with Crippen molar-refractivity contribution in [2.45, 2.75) is 52.7 Å². The zero-order valence-corrected chi connectivity index (χ0v) is 17.4. The molecule has 2 atom stereocenters. The van der Waals surface area contributed by atoms with Crippen LogP contribution in [0.25, 0.3) is 0 Å². The van der Waals surface area contributed by atoms with E-state index in [2.05, 4.69) is 5.32 Å². The van der Waals surface area contributed by atoms with Crippen LogP contribution in [0.1, 0.15) is 38.8 Å². The van der Waals surface area contributed by atoms with E-state index >= 15 is 0 Å². The maximum atomic E-state index is 12.6. The van der Waals surface area contributed by atoms with Gasteiger partial charge in [-0.2, -0.15) is 0 Å². The Morgan fingerprint density at radius 2 is 1.54 bits per heavy atom. The Hall–Kier alpha value is -2.53. The first-order valence-electron chi connectivity index (χ1n) is 9.40. The fourth-order valence-electron chi connectivity index (χ4n) is 2.72. The Labute approximate surface area is 171 Å². The molecule has 0 aliphatic heterocycles. The number of carbonyl (C=O) groups is 2. The van der Waals surface area contributed by atoms with Gasteiger partial charge in [-0.15, -0.1) is 0 Å². The Balaban J connectivity index is 1.98. The van der Waals surface area contributed by atoms with E-state index in [4.69, 9.17) is 21.1 Å². The number of esters is 1. The fraction of sp³-hybridized carbons (Fsp3) is 0.364. The molecule has 28 heavy (non-hydrogen) atoms. The van der Waals surface area contributed by atoms with Crippen LogP contribution < -0.4 is 10.1 Å². The molecule has 0 radical (unpaired) electrons. The molecule has 2 aromatic carbocycles. The minimum atomic E-state index is -0.946. The van der Waals surface area contributed by atoms with Crippen molar-refractivity contribution in [2.24, 2.45) is 0 Å². The van der Waals surface area contributed by atoms with Crippen molar-refractivity contribution >= 4 is 29.2 Å². The standard InChI is InChI=1S/C22H26ClNO4/c1-5-16-8-7-9-17(6-2)20(16)24-21(25)14(3)28-22(26)15(4)27-19-12-10-18(23)11-13-19/h7-15H,5-6H2,1-4H3,(H,24,25)/t14-,15+/m1/s1. The smallest absolute Gasteiger partial charge is 0.347 e.